The van der Waals surface area contributed by atoms with Gasteiger partial charge in [-0.05, 0) is 24.7 Å². The standard InChI is InChI=1S/C22H36O2S/c1-3-4-5-6-7-8-9-10-11-15-18-25-19-22(2,21(23)24)20-16-13-12-14-17-20/h12-14,16-17H,3-11,15,18-19H2,1-2H3,(H,23,24). The first-order valence-electron chi connectivity index (χ1n) is 9.98. The van der Waals surface area contributed by atoms with Crippen LogP contribution in [0.25, 0.3) is 0 Å². The molecular formula is C22H36O2S. The molecule has 0 fully saturated rings. The van der Waals surface area contributed by atoms with Gasteiger partial charge in [-0.15, -0.1) is 0 Å². The summed E-state index contributed by atoms with van der Waals surface area (Å²) < 4.78 is 0. The minimum Gasteiger partial charge on any atom is -0.481 e. The first kappa shape index (κ1) is 22.1. The Morgan fingerprint density at radius 3 is 1.96 bits per heavy atom. The van der Waals surface area contributed by atoms with Crippen LogP contribution in [0.2, 0.25) is 0 Å². The van der Waals surface area contributed by atoms with E-state index in [0.29, 0.717) is 5.75 Å². The fraction of sp³-hybridized carbons (Fsp3) is 0.682. The number of benzene rings is 1. The van der Waals surface area contributed by atoms with Crippen LogP contribution in [0, 0.1) is 0 Å². The van der Waals surface area contributed by atoms with Gasteiger partial charge in [-0.1, -0.05) is 95.0 Å². The molecule has 0 radical (unpaired) electrons. The van der Waals surface area contributed by atoms with E-state index in [9.17, 15) is 9.90 Å². The average molecular weight is 365 g/mol. The zero-order valence-electron chi connectivity index (χ0n) is 16.1. The van der Waals surface area contributed by atoms with Gasteiger partial charge in [0.1, 0.15) is 0 Å². The van der Waals surface area contributed by atoms with E-state index in [1.807, 2.05) is 37.3 Å². The molecule has 1 unspecified atom stereocenters. The van der Waals surface area contributed by atoms with Crippen molar-refractivity contribution in [3.8, 4) is 0 Å². The highest BCUT2D eigenvalue weighted by Gasteiger charge is 2.34. The third kappa shape index (κ3) is 8.80. The lowest BCUT2D eigenvalue weighted by Crippen LogP contribution is -2.35. The Morgan fingerprint density at radius 2 is 1.44 bits per heavy atom. The predicted octanol–water partition coefficient (Wildman–Crippen LogP) is 6.68. The molecule has 1 aromatic carbocycles. The van der Waals surface area contributed by atoms with Crippen LogP contribution in [0.3, 0.4) is 0 Å². The molecule has 1 rings (SSSR count). The van der Waals surface area contributed by atoms with Gasteiger partial charge in [0.2, 0.25) is 0 Å². The number of unbranched alkanes of at least 4 members (excludes halogenated alkanes) is 9. The Kier molecular flexibility index (Phi) is 11.7. The van der Waals surface area contributed by atoms with E-state index in [0.717, 1.165) is 11.3 Å². The molecule has 142 valence electrons. The number of carboxylic acid groups (broad SMARTS) is 1. The SMILES string of the molecule is CCCCCCCCCCCCSCC(C)(C(=O)O)c1ccccc1. The summed E-state index contributed by atoms with van der Waals surface area (Å²) in [6.45, 7) is 4.10. The van der Waals surface area contributed by atoms with Gasteiger partial charge in [0.05, 0.1) is 5.41 Å². The van der Waals surface area contributed by atoms with Crippen molar-refractivity contribution in [1.29, 1.82) is 0 Å². The molecular weight excluding hydrogens is 328 g/mol. The van der Waals surface area contributed by atoms with Gasteiger partial charge in [-0.2, -0.15) is 11.8 Å². The largest absolute Gasteiger partial charge is 0.481 e. The number of rotatable bonds is 15. The van der Waals surface area contributed by atoms with Crippen molar-refractivity contribution >= 4 is 17.7 Å². The first-order chi connectivity index (χ1) is 12.1. The summed E-state index contributed by atoms with van der Waals surface area (Å²) in [5.41, 5.74) is 0.114. The third-order valence-corrected chi connectivity index (χ3v) is 6.27. The van der Waals surface area contributed by atoms with Gasteiger partial charge < -0.3 is 5.11 Å². The van der Waals surface area contributed by atoms with Crippen molar-refractivity contribution in [2.45, 2.75) is 83.5 Å². The van der Waals surface area contributed by atoms with Gasteiger partial charge in [0.25, 0.3) is 0 Å². The summed E-state index contributed by atoms with van der Waals surface area (Å²) in [6, 6.07) is 9.62. The van der Waals surface area contributed by atoms with Gasteiger partial charge in [0, 0.05) is 5.75 Å². The highest BCUT2D eigenvalue weighted by atomic mass is 32.2. The first-order valence-corrected chi connectivity index (χ1v) is 11.1. The second-order valence-electron chi connectivity index (χ2n) is 7.24. The summed E-state index contributed by atoms with van der Waals surface area (Å²) >= 11 is 1.78. The highest BCUT2D eigenvalue weighted by Crippen LogP contribution is 2.29. The van der Waals surface area contributed by atoms with Crippen molar-refractivity contribution in [1.82, 2.24) is 0 Å². The van der Waals surface area contributed by atoms with E-state index >= 15 is 0 Å². The van der Waals surface area contributed by atoms with Crippen LogP contribution in [-0.4, -0.2) is 22.6 Å². The molecule has 1 atom stereocenters. The molecule has 0 amide bonds. The van der Waals surface area contributed by atoms with Crippen LogP contribution in [-0.2, 0) is 10.2 Å². The van der Waals surface area contributed by atoms with Gasteiger partial charge in [-0.25, -0.2) is 0 Å². The van der Waals surface area contributed by atoms with E-state index in [-0.39, 0.29) is 0 Å². The Hall–Kier alpha value is -0.960. The second kappa shape index (κ2) is 13.3. The Labute approximate surface area is 158 Å². The third-order valence-electron chi connectivity index (χ3n) is 4.92. The molecule has 0 aromatic heterocycles. The molecule has 0 aliphatic heterocycles. The molecule has 1 N–H and O–H groups in total. The molecule has 25 heavy (non-hydrogen) atoms. The molecule has 0 heterocycles. The Balaban J connectivity index is 2.11. The van der Waals surface area contributed by atoms with E-state index < -0.39 is 11.4 Å². The Morgan fingerprint density at radius 1 is 0.920 bits per heavy atom. The lowest BCUT2D eigenvalue weighted by molar-refractivity contribution is -0.142. The maximum Gasteiger partial charge on any atom is 0.314 e. The van der Waals surface area contributed by atoms with Crippen LogP contribution in [0.5, 0.6) is 0 Å². The number of carboxylic acids is 1. The maximum atomic E-state index is 11.7. The maximum absolute atomic E-state index is 11.7. The van der Waals surface area contributed by atoms with E-state index in [1.54, 1.807) is 11.8 Å². The zero-order chi connectivity index (χ0) is 18.4. The van der Waals surface area contributed by atoms with E-state index in [1.165, 1.54) is 64.2 Å². The van der Waals surface area contributed by atoms with Crippen LogP contribution in [0.1, 0.15) is 83.6 Å². The molecule has 1 aromatic rings. The van der Waals surface area contributed by atoms with E-state index in [4.69, 9.17) is 0 Å². The van der Waals surface area contributed by atoms with E-state index in [2.05, 4.69) is 6.92 Å². The smallest absolute Gasteiger partial charge is 0.314 e. The lowest BCUT2D eigenvalue weighted by atomic mass is 9.85. The molecule has 0 spiro atoms. The summed E-state index contributed by atoms with van der Waals surface area (Å²) in [5, 5.41) is 9.65. The molecule has 0 saturated carbocycles. The molecule has 0 aliphatic carbocycles. The molecule has 0 saturated heterocycles. The van der Waals surface area contributed by atoms with Crippen molar-refractivity contribution in [2.24, 2.45) is 0 Å². The van der Waals surface area contributed by atoms with Crippen LogP contribution < -0.4 is 0 Å². The summed E-state index contributed by atoms with van der Waals surface area (Å²) in [6.07, 6.45) is 13.4. The number of aliphatic carboxylic acids is 1. The van der Waals surface area contributed by atoms with Gasteiger partial charge >= 0.3 is 5.97 Å². The number of hydrogen-bond donors (Lipinski definition) is 1. The number of hydrogen-bond acceptors (Lipinski definition) is 2. The normalized spacial score (nSPS) is 13.5. The molecule has 0 aliphatic rings. The predicted molar refractivity (Wildman–Crippen MR) is 111 cm³/mol. The minimum atomic E-state index is -0.787. The average Bonchev–Trinajstić information content (AvgIpc) is 2.63. The van der Waals surface area contributed by atoms with Crippen molar-refractivity contribution in [3.05, 3.63) is 35.9 Å². The van der Waals surface area contributed by atoms with Crippen molar-refractivity contribution < 1.29 is 9.90 Å². The van der Waals surface area contributed by atoms with Gasteiger partial charge in [0.15, 0.2) is 0 Å². The summed E-state index contributed by atoms with van der Waals surface area (Å²) in [4.78, 5) is 11.7. The highest BCUT2D eigenvalue weighted by molar-refractivity contribution is 7.99. The van der Waals surface area contributed by atoms with Crippen LogP contribution >= 0.6 is 11.8 Å². The quantitative estimate of drug-likeness (QED) is 0.353. The molecule has 2 nitrogen and oxygen atoms in total. The number of carbonyl (C=O) groups is 1. The second-order valence-corrected chi connectivity index (χ2v) is 8.34. The van der Waals surface area contributed by atoms with Crippen LogP contribution in [0.15, 0.2) is 30.3 Å². The number of thioether (sulfide) groups is 1. The summed E-state index contributed by atoms with van der Waals surface area (Å²) in [5.74, 6) is 0.977. The summed E-state index contributed by atoms with van der Waals surface area (Å²) in [7, 11) is 0. The van der Waals surface area contributed by atoms with Crippen molar-refractivity contribution in [3.63, 3.8) is 0 Å². The van der Waals surface area contributed by atoms with Crippen molar-refractivity contribution in [2.75, 3.05) is 11.5 Å². The lowest BCUT2D eigenvalue weighted by Gasteiger charge is -2.25. The topological polar surface area (TPSA) is 37.3 Å². The monoisotopic (exact) mass is 364 g/mol. The Bertz CT molecular complexity index is 460. The molecule has 0 bridgehead atoms. The van der Waals surface area contributed by atoms with Crippen LogP contribution in [0.4, 0.5) is 0 Å². The molecule has 3 heteroatoms. The fourth-order valence-corrected chi connectivity index (χ4v) is 4.29. The van der Waals surface area contributed by atoms with Gasteiger partial charge in [-0.3, -0.25) is 4.79 Å². The minimum absolute atomic E-state index is 0.643. The fourth-order valence-electron chi connectivity index (χ4n) is 3.04. The zero-order valence-corrected chi connectivity index (χ0v) is 17.0.